The molecule has 0 spiro atoms. The van der Waals surface area contributed by atoms with Crippen LogP contribution in [-0.4, -0.2) is 41.4 Å². The predicted octanol–water partition coefficient (Wildman–Crippen LogP) is 5.84. The molecular formula is C31H24F2N2O6. The Balaban J connectivity index is 1.29. The van der Waals surface area contributed by atoms with Crippen LogP contribution < -0.4 is 9.64 Å². The highest BCUT2D eigenvalue weighted by Gasteiger charge is 2.38. The number of aryl methyl sites for hydroxylation is 2. The molecule has 0 atom stereocenters. The number of aromatic nitrogens is 1. The highest BCUT2D eigenvalue weighted by molar-refractivity contribution is 6.35. The van der Waals surface area contributed by atoms with E-state index in [4.69, 9.17) is 4.74 Å². The molecule has 0 radical (unpaired) electrons. The Morgan fingerprint density at radius 3 is 2.22 bits per heavy atom. The van der Waals surface area contributed by atoms with Gasteiger partial charge in [-0.15, -0.1) is 0 Å². The summed E-state index contributed by atoms with van der Waals surface area (Å²) in [7, 11) is 0. The Bertz CT molecular complexity index is 1710. The van der Waals surface area contributed by atoms with Gasteiger partial charge in [-0.1, -0.05) is 18.2 Å². The van der Waals surface area contributed by atoms with Gasteiger partial charge in [0.1, 0.15) is 5.75 Å². The zero-order valence-electron chi connectivity index (χ0n) is 22.3. The van der Waals surface area contributed by atoms with Crippen molar-refractivity contribution in [2.75, 3.05) is 11.5 Å². The lowest BCUT2D eigenvalue weighted by Crippen LogP contribution is -2.29. The number of alkyl halides is 2. The maximum atomic E-state index is 13.1. The van der Waals surface area contributed by atoms with Crippen LogP contribution in [0.25, 0.3) is 5.69 Å². The first-order chi connectivity index (χ1) is 19.6. The van der Waals surface area contributed by atoms with Gasteiger partial charge in [-0.05, 0) is 80.9 Å². The monoisotopic (exact) mass is 558 g/mol. The Hall–Kier alpha value is -5.12. The largest absolute Gasteiger partial charge is 0.454 e. The number of carbonyl (C=O) groups excluding carboxylic acids is 4. The third-order valence-electron chi connectivity index (χ3n) is 6.86. The van der Waals surface area contributed by atoms with E-state index in [0.29, 0.717) is 28.3 Å². The number of nitrogens with zero attached hydrogens (tertiary/aromatic N) is 2. The van der Waals surface area contributed by atoms with Crippen LogP contribution >= 0.6 is 0 Å². The van der Waals surface area contributed by atoms with E-state index in [-0.39, 0.29) is 22.4 Å². The van der Waals surface area contributed by atoms with Crippen LogP contribution in [0.1, 0.15) is 58.4 Å². The van der Waals surface area contributed by atoms with Crippen LogP contribution in [0.4, 0.5) is 14.5 Å². The number of rotatable bonds is 8. The summed E-state index contributed by atoms with van der Waals surface area (Å²) in [6.07, 6.45) is 0. The number of esters is 1. The molecule has 4 aromatic rings. The summed E-state index contributed by atoms with van der Waals surface area (Å²) in [5.74, 6) is -2.30. The summed E-state index contributed by atoms with van der Waals surface area (Å²) in [5, 5.41) is 0. The fourth-order valence-corrected chi connectivity index (χ4v) is 4.91. The number of hydrogen-bond donors (Lipinski definition) is 0. The zero-order valence-corrected chi connectivity index (χ0v) is 22.3. The molecule has 0 N–H and O–H groups in total. The number of para-hydroxylation sites is 1. The second-order valence-corrected chi connectivity index (χ2v) is 9.48. The molecule has 208 valence electrons. The molecule has 8 nitrogen and oxygen atoms in total. The topological polar surface area (TPSA) is 94.9 Å². The molecule has 2 amide bonds. The second kappa shape index (κ2) is 10.8. The van der Waals surface area contributed by atoms with E-state index in [2.05, 4.69) is 4.74 Å². The van der Waals surface area contributed by atoms with Crippen LogP contribution in [0.15, 0.2) is 72.8 Å². The summed E-state index contributed by atoms with van der Waals surface area (Å²) in [6.45, 7) is 1.80. The molecule has 1 aliphatic rings. The van der Waals surface area contributed by atoms with E-state index in [1.165, 1.54) is 30.3 Å². The number of hydrogen-bond acceptors (Lipinski definition) is 6. The molecule has 3 aromatic carbocycles. The Kier molecular flexibility index (Phi) is 7.23. The first-order valence-electron chi connectivity index (χ1n) is 12.6. The maximum absolute atomic E-state index is 13.1. The summed E-state index contributed by atoms with van der Waals surface area (Å²) < 4.78 is 36.3. The van der Waals surface area contributed by atoms with E-state index in [0.717, 1.165) is 10.5 Å². The molecule has 1 aliphatic heterocycles. The van der Waals surface area contributed by atoms with Gasteiger partial charge in [0.25, 0.3) is 11.8 Å². The number of ether oxygens (including phenoxy) is 2. The lowest BCUT2D eigenvalue weighted by molar-refractivity contribution is -0.0498. The van der Waals surface area contributed by atoms with E-state index in [1.54, 1.807) is 67.8 Å². The SMILES string of the molecule is Cc1ccccc1N1C(=O)c2ccc(C(=O)OCC(=O)c3cc(C)n(-c4ccc(OC(F)F)cc4)c3C)cc2C1=O. The Morgan fingerprint density at radius 2 is 1.54 bits per heavy atom. The van der Waals surface area contributed by atoms with Gasteiger partial charge in [0, 0.05) is 22.6 Å². The van der Waals surface area contributed by atoms with Crippen LogP contribution in [0.2, 0.25) is 0 Å². The maximum Gasteiger partial charge on any atom is 0.387 e. The molecule has 10 heteroatoms. The quantitative estimate of drug-likeness (QED) is 0.153. The lowest BCUT2D eigenvalue weighted by atomic mass is 10.1. The van der Waals surface area contributed by atoms with Gasteiger partial charge in [0.15, 0.2) is 6.61 Å². The molecule has 0 aliphatic carbocycles. The van der Waals surface area contributed by atoms with Gasteiger partial charge in [0.05, 0.1) is 22.4 Å². The molecule has 1 aromatic heterocycles. The first kappa shape index (κ1) is 27.4. The fraction of sp³-hybridized carbons (Fsp3) is 0.161. The molecule has 5 rings (SSSR count). The van der Waals surface area contributed by atoms with Crippen LogP contribution in [0, 0.1) is 20.8 Å². The van der Waals surface area contributed by atoms with E-state index >= 15 is 0 Å². The molecule has 0 saturated heterocycles. The Morgan fingerprint density at radius 1 is 0.854 bits per heavy atom. The van der Waals surface area contributed by atoms with Gasteiger partial charge in [-0.25, -0.2) is 9.69 Å². The third kappa shape index (κ3) is 5.11. The number of carbonyl (C=O) groups is 4. The van der Waals surface area contributed by atoms with E-state index in [1.807, 2.05) is 0 Å². The minimum atomic E-state index is -2.93. The van der Waals surface area contributed by atoms with Crippen molar-refractivity contribution < 1.29 is 37.4 Å². The number of amides is 2. The van der Waals surface area contributed by atoms with E-state index < -0.39 is 36.8 Å². The first-order valence-corrected chi connectivity index (χ1v) is 12.6. The number of halogens is 2. The highest BCUT2D eigenvalue weighted by atomic mass is 19.3. The number of benzene rings is 3. The molecule has 2 heterocycles. The van der Waals surface area contributed by atoms with Crippen molar-refractivity contribution in [3.8, 4) is 11.4 Å². The third-order valence-corrected chi connectivity index (χ3v) is 6.86. The summed E-state index contributed by atoms with van der Waals surface area (Å²) >= 11 is 0. The molecule has 0 bridgehead atoms. The minimum absolute atomic E-state index is 0.00920. The van der Waals surface area contributed by atoms with Crippen LogP contribution in [-0.2, 0) is 4.74 Å². The number of imide groups is 1. The van der Waals surface area contributed by atoms with Gasteiger partial charge in [0.2, 0.25) is 5.78 Å². The van der Waals surface area contributed by atoms with Crippen molar-refractivity contribution in [1.82, 2.24) is 4.57 Å². The van der Waals surface area contributed by atoms with Crippen molar-refractivity contribution in [3.05, 3.63) is 112 Å². The van der Waals surface area contributed by atoms with Gasteiger partial charge < -0.3 is 14.0 Å². The number of anilines is 1. The Labute approximate surface area is 233 Å². The summed E-state index contributed by atoms with van der Waals surface area (Å²) in [5.41, 5.74) is 3.73. The average molecular weight is 559 g/mol. The lowest BCUT2D eigenvalue weighted by Gasteiger charge is -2.16. The van der Waals surface area contributed by atoms with Crippen molar-refractivity contribution in [2.45, 2.75) is 27.4 Å². The van der Waals surface area contributed by atoms with Crippen molar-refractivity contribution in [3.63, 3.8) is 0 Å². The van der Waals surface area contributed by atoms with Gasteiger partial charge in [-0.2, -0.15) is 8.78 Å². The zero-order chi connectivity index (χ0) is 29.4. The van der Waals surface area contributed by atoms with Gasteiger partial charge >= 0.3 is 12.6 Å². The minimum Gasteiger partial charge on any atom is -0.454 e. The van der Waals surface area contributed by atoms with Crippen molar-refractivity contribution >= 4 is 29.3 Å². The number of ketones is 1. The summed E-state index contributed by atoms with van der Waals surface area (Å²) in [4.78, 5) is 52.9. The number of Topliss-reactive ketones (excluding diaryl/α,β-unsaturated/α-hetero) is 1. The normalized spacial score (nSPS) is 12.6. The average Bonchev–Trinajstić information content (AvgIpc) is 3.38. The molecule has 41 heavy (non-hydrogen) atoms. The fourth-order valence-electron chi connectivity index (χ4n) is 4.91. The number of fused-ring (bicyclic) bond motifs is 1. The van der Waals surface area contributed by atoms with Gasteiger partial charge in [-0.3, -0.25) is 14.4 Å². The predicted molar refractivity (Wildman–Crippen MR) is 145 cm³/mol. The highest BCUT2D eigenvalue weighted by Crippen LogP contribution is 2.31. The van der Waals surface area contributed by atoms with Crippen LogP contribution in [0.3, 0.4) is 0 Å². The molecule has 0 fully saturated rings. The van der Waals surface area contributed by atoms with Crippen molar-refractivity contribution in [2.24, 2.45) is 0 Å². The van der Waals surface area contributed by atoms with E-state index in [9.17, 15) is 28.0 Å². The molecule has 0 unspecified atom stereocenters. The van der Waals surface area contributed by atoms with Crippen LogP contribution in [0.5, 0.6) is 5.75 Å². The summed E-state index contributed by atoms with van der Waals surface area (Å²) in [6, 6.07) is 18.7. The van der Waals surface area contributed by atoms with Crippen molar-refractivity contribution in [1.29, 1.82) is 0 Å². The molecular weight excluding hydrogens is 534 g/mol. The standard InChI is InChI=1S/C31H24F2N2O6/c1-17-6-4-5-7-26(17)35-28(37)23-13-8-20(15-25(23)29(35)38)30(39)40-16-27(36)24-14-18(2)34(19(24)3)21-9-11-22(12-10-21)41-31(32)33/h4-15,31H,16H2,1-3H3. The second-order valence-electron chi connectivity index (χ2n) is 9.48. The smallest absolute Gasteiger partial charge is 0.387 e. The molecule has 0 saturated carbocycles.